The minimum atomic E-state index is -0.346. The summed E-state index contributed by atoms with van der Waals surface area (Å²) >= 11 is 5.83. The van der Waals surface area contributed by atoms with Gasteiger partial charge in [-0.05, 0) is 25.1 Å². The minimum Gasteiger partial charge on any atom is -0.380 e. The second kappa shape index (κ2) is 4.83. The highest BCUT2D eigenvalue weighted by Gasteiger charge is 2.05. The molecule has 0 heterocycles. The molecule has 1 unspecified atom stereocenters. The minimum absolute atomic E-state index is 0.0423. The average molecular weight is 213 g/mol. The molecule has 0 saturated carbocycles. The quantitative estimate of drug-likeness (QED) is 0.835. The lowest BCUT2D eigenvalue weighted by molar-refractivity contribution is 0.628. The van der Waals surface area contributed by atoms with Crippen molar-refractivity contribution >= 4 is 17.3 Å². The Balaban J connectivity index is 2.76. The van der Waals surface area contributed by atoms with Gasteiger partial charge in [0.15, 0.2) is 0 Å². The van der Waals surface area contributed by atoms with Crippen LogP contribution in [-0.4, -0.2) is 6.04 Å². The van der Waals surface area contributed by atoms with Gasteiger partial charge < -0.3 is 5.32 Å². The molecule has 2 nitrogen and oxygen atoms in total. The summed E-state index contributed by atoms with van der Waals surface area (Å²) in [6.45, 7) is 1.84. The second-order valence-corrected chi connectivity index (χ2v) is 3.44. The summed E-state index contributed by atoms with van der Waals surface area (Å²) in [4.78, 5) is 0. The van der Waals surface area contributed by atoms with Crippen molar-refractivity contribution in [3.63, 3.8) is 0 Å². The molecule has 1 N–H and O–H groups in total. The lowest BCUT2D eigenvalue weighted by atomic mass is 10.2. The molecule has 14 heavy (non-hydrogen) atoms. The number of halogens is 2. The Hall–Kier alpha value is -1.27. The molecule has 0 spiro atoms. The summed E-state index contributed by atoms with van der Waals surface area (Å²) in [5.74, 6) is -0.346. The first kappa shape index (κ1) is 10.8. The standard InChI is InChI=1S/C10H10ClFN2/c1-7(4-5-13)14-10-6-8(12)2-3-9(10)11/h2-3,6-7,14H,4H2,1H3. The van der Waals surface area contributed by atoms with Crippen molar-refractivity contribution in [2.75, 3.05) is 5.32 Å². The fourth-order valence-electron chi connectivity index (χ4n) is 1.06. The topological polar surface area (TPSA) is 35.8 Å². The zero-order valence-electron chi connectivity index (χ0n) is 7.72. The Bertz CT molecular complexity index is 360. The van der Waals surface area contributed by atoms with Gasteiger partial charge in [0.2, 0.25) is 0 Å². The van der Waals surface area contributed by atoms with Gasteiger partial charge >= 0.3 is 0 Å². The molecule has 0 aliphatic heterocycles. The lowest BCUT2D eigenvalue weighted by Gasteiger charge is -2.13. The molecular formula is C10H10ClFN2. The molecule has 0 aliphatic carbocycles. The van der Waals surface area contributed by atoms with E-state index >= 15 is 0 Å². The van der Waals surface area contributed by atoms with Crippen LogP contribution in [0, 0.1) is 17.1 Å². The fourth-order valence-corrected chi connectivity index (χ4v) is 1.23. The van der Waals surface area contributed by atoms with Crippen LogP contribution in [0.4, 0.5) is 10.1 Å². The molecule has 1 aromatic rings. The van der Waals surface area contributed by atoms with Crippen molar-refractivity contribution in [2.24, 2.45) is 0 Å². The van der Waals surface area contributed by atoms with Gasteiger partial charge in [-0.1, -0.05) is 11.6 Å². The number of benzene rings is 1. The monoisotopic (exact) mass is 212 g/mol. The second-order valence-electron chi connectivity index (χ2n) is 3.03. The van der Waals surface area contributed by atoms with Crippen molar-refractivity contribution in [3.8, 4) is 6.07 Å². The summed E-state index contributed by atoms with van der Waals surface area (Å²) < 4.78 is 12.8. The normalized spacial score (nSPS) is 11.9. The van der Waals surface area contributed by atoms with E-state index in [0.717, 1.165) is 0 Å². The summed E-state index contributed by atoms with van der Waals surface area (Å²) in [6, 6.07) is 6.07. The highest BCUT2D eigenvalue weighted by atomic mass is 35.5. The van der Waals surface area contributed by atoms with Crippen LogP contribution >= 0.6 is 11.6 Å². The Kier molecular flexibility index (Phi) is 3.73. The van der Waals surface area contributed by atoms with Gasteiger partial charge in [-0.25, -0.2) is 4.39 Å². The van der Waals surface area contributed by atoms with Gasteiger partial charge in [0.1, 0.15) is 5.82 Å². The summed E-state index contributed by atoms with van der Waals surface area (Å²) in [5.41, 5.74) is 0.523. The summed E-state index contributed by atoms with van der Waals surface area (Å²) in [7, 11) is 0. The van der Waals surface area contributed by atoms with Gasteiger partial charge in [-0.15, -0.1) is 0 Å². The number of hydrogen-bond donors (Lipinski definition) is 1. The zero-order chi connectivity index (χ0) is 10.6. The van der Waals surface area contributed by atoms with E-state index in [1.54, 1.807) is 0 Å². The maximum absolute atomic E-state index is 12.8. The van der Waals surface area contributed by atoms with E-state index in [1.807, 2.05) is 13.0 Å². The van der Waals surface area contributed by atoms with Crippen LogP contribution < -0.4 is 5.32 Å². The van der Waals surface area contributed by atoms with Gasteiger partial charge in [-0.2, -0.15) is 5.26 Å². The van der Waals surface area contributed by atoms with E-state index in [9.17, 15) is 4.39 Å². The molecule has 0 radical (unpaired) electrons. The molecule has 0 fully saturated rings. The van der Waals surface area contributed by atoms with Crippen LogP contribution in [0.3, 0.4) is 0 Å². The van der Waals surface area contributed by atoms with E-state index in [4.69, 9.17) is 16.9 Å². The van der Waals surface area contributed by atoms with Crippen LogP contribution in [0.2, 0.25) is 5.02 Å². The first-order valence-corrected chi connectivity index (χ1v) is 4.60. The molecule has 0 amide bonds. The van der Waals surface area contributed by atoms with E-state index in [-0.39, 0.29) is 11.9 Å². The van der Waals surface area contributed by atoms with Crippen LogP contribution in [0.1, 0.15) is 13.3 Å². The zero-order valence-corrected chi connectivity index (χ0v) is 8.48. The maximum atomic E-state index is 12.8. The van der Waals surface area contributed by atoms with Crippen molar-refractivity contribution in [1.82, 2.24) is 0 Å². The molecule has 0 bridgehead atoms. The van der Waals surface area contributed by atoms with Gasteiger partial charge in [-0.3, -0.25) is 0 Å². The Morgan fingerprint density at radius 2 is 2.36 bits per heavy atom. The smallest absolute Gasteiger partial charge is 0.125 e. The molecule has 4 heteroatoms. The number of nitriles is 1. The predicted molar refractivity (Wildman–Crippen MR) is 54.7 cm³/mol. The van der Waals surface area contributed by atoms with Crippen LogP contribution in [0.25, 0.3) is 0 Å². The van der Waals surface area contributed by atoms with Crippen LogP contribution in [-0.2, 0) is 0 Å². The third-order valence-corrected chi connectivity index (χ3v) is 2.06. The molecule has 0 saturated heterocycles. The summed E-state index contributed by atoms with van der Waals surface area (Å²) in [6.07, 6.45) is 0.354. The molecule has 1 rings (SSSR count). The summed E-state index contributed by atoms with van der Waals surface area (Å²) in [5, 5.41) is 11.9. The molecule has 1 atom stereocenters. The predicted octanol–water partition coefficient (Wildman–Crippen LogP) is 3.19. The van der Waals surface area contributed by atoms with Crippen LogP contribution in [0.15, 0.2) is 18.2 Å². The van der Waals surface area contributed by atoms with Crippen molar-refractivity contribution in [3.05, 3.63) is 29.0 Å². The number of rotatable bonds is 3. The SMILES string of the molecule is CC(CC#N)Nc1cc(F)ccc1Cl. The van der Waals surface area contributed by atoms with Crippen LogP contribution in [0.5, 0.6) is 0 Å². The Morgan fingerprint density at radius 3 is 3.00 bits per heavy atom. The average Bonchev–Trinajstić information content (AvgIpc) is 2.12. The molecule has 1 aromatic carbocycles. The van der Waals surface area contributed by atoms with Crippen molar-refractivity contribution in [2.45, 2.75) is 19.4 Å². The lowest BCUT2D eigenvalue weighted by Crippen LogP contribution is -2.14. The highest BCUT2D eigenvalue weighted by Crippen LogP contribution is 2.23. The fraction of sp³-hybridized carbons (Fsp3) is 0.300. The van der Waals surface area contributed by atoms with Gasteiger partial charge in [0.25, 0.3) is 0 Å². The van der Waals surface area contributed by atoms with E-state index < -0.39 is 0 Å². The van der Waals surface area contributed by atoms with E-state index in [0.29, 0.717) is 17.1 Å². The Labute approximate surface area is 87.3 Å². The first-order valence-electron chi connectivity index (χ1n) is 4.22. The number of hydrogen-bond acceptors (Lipinski definition) is 2. The van der Waals surface area contributed by atoms with Gasteiger partial charge in [0, 0.05) is 6.04 Å². The number of anilines is 1. The maximum Gasteiger partial charge on any atom is 0.125 e. The Morgan fingerprint density at radius 1 is 1.64 bits per heavy atom. The van der Waals surface area contributed by atoms with Crippen molar-refractivity contribution in [1.29, 1.82) is 5.26 Å². The molecule has 74 valence electrons. The molecule has 0 aliphatic rings. The molecule has 0 aromatic heterocycles. The highest BCUT2D eigenvalue weighted by molar-refractivity contribution is 6.33. The third kappa shape index (κ3) is 2.90. The first-order chi connectivity index (χ1) is 6.63. The van der Waals surface area contributed by atoms with E-state index in [2.05, 4.69) is 5.32 Å². The van der Waals surface area contributed by atoms with Crippen molar-refractivity contribution < 1.29 is 4.39 Å². The molecular weight excluding hydrogens is 203 g/mol. The number of nitrogens with zero attached hydrogens (tertiary/aromatic N) is 1. The van der Waals surface area contributed by atoms with Gasteiger partial charge in [0.05, 0.1) is 23.2 Å². The number of nitrogens with one attached hydrogen (secondary N) is 1. The third-order valence-electron chi connectivity index (χ3n) is 1.73. The van der Waals surface area contributed by atoms with E-state index in [1.165, 1.54) is 18.2 Å². The largest absolute Gasteiger partial charge is 0.380 e.